The Labute approximate surface area is 125 Å². The van der Waals surface area contributed by atoms with Crippen LogP contribution < -0.4 is 10.6 Å². The Morgan fingerprint density at radius 1 is 0.933 bits per heavy atom. The molecular formula is C8H16CuN2S4. The molecule has 0 rings (SSSR count). The Morgan fingerprint density at radius 2 is 1.20 bits per heavy atom. The van der Waals surface area contributed by atoms with E-state index in [4.69, 9.17) is 0 Å². The molecular weight excluding hydrogens is 316 g/mol. The van der Waals surface area contributed by atoms with E-state index in [0.29, 0.717) is 8.64 Å². The average Bonchev–Trinajstić information content (AvgIpc) is 2.12. The van der Waals surface area contributed by atoms with Crippen molar-refractivity contribution in [2.75, 3.05) is 13.1 Å². The van der Waals surface area contributed by atoms with E-state index in [2.05, 4.69) is 74.2 Å². The van der Waals surface area contributed by atoms with Gasteiger partial charge in [0.25, 0.3) is 0 Å². The molecule has 1 radical (unpaired) electrons. The maximum Gasteiger partial charge on any atom is 2.00 e. The molecule has 0 heterocycles. The molecule has 0 saturated heterocycles. The summed E-state index contributed by atoms with van der Waals surface area (Å²) in [5, 5.41) is 5.68. The zero-order valence-corrected chi connectivity index (χ0v) is 13.0. The first-order chi connectivity index (χ1) is 6.54. The van der Waals surface area contributed by atoms with Gasteiger partial charge >= 0.3 is 17.1 Å². The quantitative estimate of drug-likeness (QED) is 0.461. The van der Waals surface area contributed by atoms with Crippen molar-refractivity contribution >= 4 is 58.3 Å². The molecule has 0 unspecified atom stereocenters. The fourth-order valence-electron chi connectivity index (χ4n) is 0.454. The summed E-state index contributed by atoms with van der Waals surface area (Å²) < 4.78 is 0.948. The Bertz CT molecular complexity index is 149. The van der Waals surface area contributed by atoms with Crippen LogP contribution in [0, 0.1) is 0 Å². The maximum atomic E-state index is 4.56. The number of hydrogen-bond donors (Lipinski definition) is 2. The average molecular weight is 332 g/mol. The molecule has 0 aliphatic rings. The summed E-state index contributed by atoms with van der Waals surface area (Å²) in [6.07, 6.45) is 2.16. The van der Waals surface area contributed by atoms with E-state index in [1.54, 1.807) is 0 Å². The van der Waals surface area contributed by atoms with Crippen LogP contribution in [0.3, 0.4) is 0 Å². The number of thiocarbonyl (C=S) groups is 2. The van der Waals surface area contributed by atoms with Gasteiger partial charge in [-0.05, 0) is 12.8 Å². The molecule has 0 aromatic carbocycles. The molecule has 0 saturated carbocycles. The van der Waals surface area contributed by atoms with Crippen LogP contribution in [0.15, 0.2) is 0 Å². The fraction of sp³-hybridized carbons (Fsp3) is 0.750. The van der Waals surface area contributed by atoms with E-state index in [1.165, 1.54) is 0 Å². The van der Waals surface area contributed by atoms with Crippen molar-refractivity contribution in [2.24, 2.45) is 0 Å². The van der Waals surface area contributed by atoms with Gasteiger partial charge in [0.2, 0.25) is 0 Å². The molecule has 0 fully saturated rings. The second-order valence-corrected chi connectivity index (χ2v) is 4.58. The molecule has 0 amide bonds. The second-order valence-electron chi connectivity index (χ2n) is 2.43. The van der Waals surface area contributed by atoms with Gasteiger partial charge in [-0.2, -0.15) is 0 Å². The molecule has 0 aliphatic carbocycles. The predicted octanol–water partition coefficient (Wildman–Crippen LogP) is 1.63. The van der Waals surface area contributed by atoms with Crippen molar-refractivity contribution in [1.82, 2.24) is 10.6 Å². The first-order valence-corrected chi connectivity index (χ1v) is 6.07. The van der Waals surface area contributed by atoms with Gasteiger partial charge in [-0.15, -0.1) is 0 Å². The van der Waals surface area contributed by atoms with E-state index in [-0.39, 0.29) is 17.1 Å². The van der Waals surface area contributed by atoms with Crippen LogP contribution in [0.25, 0.3) is 0 Å². The summed E-state index contributed by atoms with van der Waals surface area (Å²) in [7, 11) is 0. The van der Waals surface area contributed by atoms with Crippen molar-refractivity contribution < 1.29 is 17.1 Å². The van der Waals surface area contributed by atoms with Crippen LogP contribution in [0.1, 0.15) is 26.7 Å². The van der Waals surface area contributed by atoms with Crippen molar-refractivity contribution in [3.63, 3.8) is 0 Å². The minimum Gasteiger partial charge on any atom is -0.412 e. The Balaban J connectivity index is -0.000000180. The summed E-state index contributed by atoms with van der Waals surface area (Å²) >= 11 is 18.3. The SMILES string of the molecule is CCCNC(=S)[S-].CCCNC(=S)[S-].[Cu+2]. The predicted molar refractivity (Wildman–Crippen MR) is 76.5 cm³/mol. The minimum absolute atomic E-state index is 0. The third-order valence-electron chi connectivity index (χ3n) is 1.04. The van der Waals surface area contributed by atoms with Gasteiger partial charge < -0.3 is 60.3 Å². The van der Waals surface area contributed by atoms with Crippen LogP contribution in [0.5, 0.6) is 0 Å². The Kier molecular flexibility index (Phi) is 24.1. The van der Waals surface area contributed by atoms with E-state index >= 15 is 0 Å². The van der Waals surface area contributed by atoms with Gasteiger partial charge in [0.15, 0.2) is 0 Å². The van der Waals surface area contributed by atoms with Crippen LogP contribution in [0.2, 0.25) is 0 Å². The molecule has 0 aromatic rings. The van der Waals surface area contributed by atoms with Gasteiger partial charge in [-0.25, -0.2) is 0 Å². The number of nitrogens with one attached hydrogen (secondary N) is 2. The van der Waals surface area contributed by atoms with Crippen LogP contribution in [-0.2, 0) is 42.3 Å². The summed E-state index contributed by atoms with van der Waals surface area (Å²) in [4.78, 5) is 0. The van der Waals surface area contributed by atoms with Gasteiger partial charge in [-0.3, -0.25) is 0 Å². The van der Waals surface area contributed by atoms with Gasteiger partial charge in [0.05, 0.1) is 0 Å². The topological polar surface area (TPSA) is 24.1 Å². The smallest absolute Gasteiger partial charge is 0.412 e. The minimum atomic E-state index is 0. The molecule has 0 bridgehead atoms. The maximum absolute atomic E-state index is 4.56. The summed E-state index contributed by atoms with van der Waals surface area (Å²) in [5.41, 5.74) is 0. The molecule has 15 heavy (non-hydrogen) atoms. The largest absolute Gasteiger partial charge is 2.00 e. The zero-order valence-electron chi connectivity index (χ0n) is 8.76. The molecule has 93 valence electrons. The molecule has 0 aromatic heterocycles. The van der Waals surface area contributed by atoms with Crippen molar-refractivity contribution in [3.8, 4) is 0 Å². The zero-order chi connectivity index (χ0) is 11.4. The summed E-state index contributed by atoms with van der Waals surface area (Å²) in [5.74, 6) is 0. The van der Waals surface area contributed by atoms with Crippen LogP contribution >= 0.6 is 24.4 Å². The number of hydrogen-bond acceptors (Lipinski definition) is 4. The number of rotatable bonds is 4. The Morgan fingerprint density at radius 3 is 1.27 bits per heavy atom. The third kappa shape index (κ3) is 31.3. The van der Waals surface area contributed by atoms with Crippen molar-refractivity contribution in [1.29, 1.82) is 0 Å². The summed E-state index contributed by atoms with van der Waals surface area (Å²) in [6, 6.07) is 0. The molecule has 0 atom stereocenters. The standard InChI is InChI=1S/2C4H9NS2.Cu/c2*1-2-3-5-4(6)7;/h2*2-3H2,1H3,(H2,5,6,7);/q;;+2/p-2. The molecule has 2 N–H and O–H groups in total. The van der Waals surface area contributed by atoms with Crippen LogP contribution in [-0.4, -0.2) is 21.7 Å². The van der Waals surface area contributed by atoms with Gasteiger partial charge in [0.1, 0.15) is 0 Å². The van der Waals surface area contributed by atoms with E-state index in [1.807, 2.05) is 0 Å². The first kappa shape index (κ1) is 21.1. The molecule has 2 nitrogen and oxygen atoms in total. The molecule has 0 spiro atoms. The van der Waals surface area contributed by atoms with Crippen molar-refractivity contribution in [3.05, 3.63) is 0 Å². The monoisotopic (exact) mass is 331 g/mol. The molecule has 7 heteroatoms. The van der Waals surface area contributed by atoms with Gasteiger partial charge in [0, 0.05) is 13.1 Å². The van der Waals surface area contributed by atoms with Crippen molar-refractivity contribution in [2.45, 2.75) is 26.7 Å². The van der Waals surface area contributed by atoms with E-state index < -0.39 is 0 Å². The first-order valence-electron chi connectivity index (χ1n) is 4.44. The van der Waals surface area contributed by atoms with E-state index in [0.717, 1.165) is 25.9 Å². The normalized spacial score (nSPS) is 7.60. The molecule has 0 aliphatic heterocycles. The van der Waals surface area contributed by atoms with Gasteiger partial charge in [-0.1, -0.05) is 22.5 Å². The summed E-state index contributed by atoms with van der Waals surface area (Å²) in [6.45, 7) is 5.95. The third-order valence-corrected chi connectivity index (χ3v) is 1.62. The Hall–Kier alpha value is 0.739. The van der Waals surface area contributed by atoms with E-state index in [9.17, 15) is 0 Å². The van der Waals surface area contributed by atoms with Crippen LogP contribution in [0.4, 0.5) is 0 Å². The fourth-order valence-corrected chi connectivity index (χ4v) is 0.862. The second kappa shape index (κ2) is 17.1.